The maximum atomic E-state index is 12.5. The second kappa shape index (κ2) is 8.82. The number of hydrogen-bond acceptors (Lipinski definition) is 5. The molecule has 0 N–H and O–H groups in total. The number of rotatable bonds is 7. The molecule has 23 heavy (non-hydrogen) atoms. The van der Waals surface area contributed by atoms with Crippen molar-refractivity contribution in [1.29, 1.82) is 0 Å². The van der Waals surface area contributed by atoms with Crippen LogP contribution in [0.2, 0.25) is 0 Å². The Bertz CT molecular complexity index is 476. The topological polar surface area (TPSA) is 52.6 Å². The molecule has 2 rings (SSSR count). The van der Waals surface area contributed by atoms with Gasteiger partial charge in [0.1, 0.15) is 11.5 Å². The van der Waals surface area contributed by atoms with Crippen molar-refractivity contribution < 1.29 is 4.79 Å². The Balaban J connectivity index is 1.99. The van der Waals surface area contributed by atoms with Crippen LogP contribution in [-0.2, 0) is 0 Å². The van der Waals surface area contributed by atoms with Crippen LogP contribution in [0.3, 0.4) is 0 Å². The van der Waals surface area contributed by atoms with E-state index in [1.807, 2.05) is 4.90 Å². The number of aromatic nitrogens is 2. The number of likely N-dealkylation sites (N-methyl/N-ethyl adjacent to an activating group) is 1. The summed E-state index contributed by atoms with van der Waals surface area (Å²) < 4.78 is 0. The highest BCUT2D eigenvalue weighted by Gasteiger charge is 2.22. The number of piperazine rings is 1. The monoisotopic (exact) mass is 319 g/mol. The predicted octanol–water partition coefficient (Wildman–Crippen LogP) is 1.88. The van der Waals surface area contributed by atoms with Gasteiger partial charge in [0.15, 0.2) is 0 Å². The molecule has 2 heterocycles. The molecular weight excluding hydrogens is 290 g/mol. The van der Waals surface area contributed by atoms with Gasteiger partial charge in [0.2, 0.25) is 0 Å². The number of anilines is 1. The largest absolute Gasteiger partial charge is 0.355 e. The molecule has 0 saturated carbocycles. The summed E-state index contributed by atoms with van der Waals surface area (Å²) in [6, 6.07) is 0. The molecule has 0 aromatic carbocycles. The average molecular weight is 319 g/mol. The van der Waals surface area contributed by atoms with Gasteiger partial charge >= 0.3 is 0 Å². The first-order valence-electron chi connectivity index (χ1n) is 8.78. The summed E-state index contributed by atoms with van der Waals surface area (Å²) >= 11 is 0. The molecule has 0 spiro atoms. The summed E-state index contributed by atoms with van der Waals surface area (Å²) in [5.74, 6) is 0.860. The van der Waals surface area contributed by atoms with Crippen molar-refractivity contribution in [2.24, 2.45) is 0 Å². The second-order valence-corrected chi connectivity index (χ2v) is 5.97. The predicted molar refractivity (Wildman–Crippen MR) is 92.8 cm³/mol. The van der Waals surface area contributed by atoms with Crippen LogP contribution in [0.4, 0.5) is 5.82 Å². The fraction of sp³-hybridized carbons (Fsp3) is 0.706. The standard InChI is InChI=1S/C17H29N5O/c1-4-7-21(8-5-2)16-14-18-15(13-19-16)17(23)22-11-9-20(6-3)10-12-22/h13-14H,4-12H2,1-3H3. The maximum Gasteiger partial charge on any atom is 0.274 e. The molecule has 0 bridgehead atoms. The highest BCUT2D eigenvalue weighted by molar-refractivity contribution is 5.92. The molecule has 1 amide bonds. The van der Waals surface area contributed by atoms with E-state index in [1.54, 1.807) is 12.4 Å². The first-order chi connectivity index (χ1) is 11.2. The quantitative estimate of drug-likeness (QED) is 0.768. The van der Waals surface area contributed by atoms with Gasteiger partial charge in [-0.15, -0.1) is 0 Å². The summed E-state index contributed by atoms with van der Waals surface area (Å²) in [6.07, 6.45) is 5.51. The van der Waals surface area contributed by atoms with Crippen LogP contribution in [0.5, 0.6) is 0 Å². The molecule has 1 aromatic rings. The lowest BCUT2D eigenvalue weighted by atomic mass is 10.3. The van der Waals surface area contributed by atoms with Gasteiger partial charge < -0.3 is 14.7 Å². The molecule has 0 atom stereocenters. The van der Waals surface area contributed by atoms with Gasteiger partial charge in [-0.2, -0.15) is 0 Å². The Labute approximate surface area is 139 Å². The summed E-state index contributed by atoms with van der Waals surface area (Å²) in [4.78, 5) is 27.8. The SMILES string of the molecule is CCCN(CCC)c1cnc(C(=O)N2CCN(CC)CC2)cn1. The van der Waals surface area contributed by atoms with Crippen LogP contribution in [-0.4, -0.2) is 71.5 Å². The minimum atomic E-state index is -0.00247. The molecule has 1 saturated heterocycles. The molecule has 0 radical (unpaired) electrons. The van der Waals surface area contributed by atoms with E-state index in [-0.39, 0.29) is 5.91 Å². The Morgan fingerprint density at radius 1 is 1.04 bits per heavy atom. The van der Waals surface area contributed by atoms with E-state index < -0.39 is 0 Å². The Morgan fingerprint density at radius 2 is 1.70 bits per heavy atom. The highest BCUT2D eigenvalue weighted by atomic mass is 16.2. The molecule has 0 aliphatic carbocycles. The lowest BCUT2D eigenvalue weighted by Gasteiger charge is -2.33. The van der Waals surface area contributed by atoms with Gasteiger partial charge in [-0.3, -0.25) is 4.79 Å². The maximum absolute atomic E-state index is 12.5. The zero-order valence-electron chi connectivity index (χ0n) is 14.7. The molecule has 128 valence electrons. The van der Waals surface area contributed by atoms with Crippen LogP contribution in [0, 0.1) is 0 Å². The summed E-state index contributed by atoms with van der Waals surface area (Å²) in [7, 11) is 0. The van der Waals surface area contributed by atoms with Gasteiger partial charge in [0.05, 0.1) is 12.4 Å². The number of carbonyl (C=O) groups is 1. The van der Waals surface area contributed by atoms with Gasteiger partial charge in [0.25, 0.3) is 5.91 Å². The molecule has 6 nitrogen and oxygen atoms in total. The third kappa shape index (κ3) is 4.64. The number of hydrogen-bond donors (Lipinski definition) is 0. The third-order valence-corrected chi connectivity index (χ3v) is 4.28. The number of carbonyl (C=O) groups excluding carboxylic acids is 1. The molecule has 6 heteroatoms. The molecule has 1 aromatic heterocycles. The van der Waals surface area contributed by atoms with E-state index in [4.69, 9.17) is 0 Å². The molecule has 1 aliphatic rings. The molecule has 1 fully saturated rings. The number of nitrogens with zero attached hydrogens (tertiary/aromatic N) is 5. The minimum absolute atomic E-state index is 0.00247. The van der Waals surface area contributed by atoms with Gasteiger partial charge in [-0.05, 0) is 19.4 Å². The van der Waals surface area contributed by atoms with Crippen LogP contribution < -0.4 is 4.90 Å². The van der Waals surface area contributed by atoms with Crippen molar-refractivity contribution in [2.45, 2.75) is 33.6 Å². The summed E-state index contributed by atoms with van der Waals surface area (Å²) in [5.41, 5.74) is 0.451. The van der Waals surface area contributed by atoms with Crippen LogP contribution in [0.15, 0.2) is 12.4 Å². The lowest BCUT2D eigenvalue weighted by Crippen LogP contribution is -2.48. The van der Waals surface area contributed by atoms with Crippen molar-refractivity contribution in [3.05, 3.63) is 18.1 Å². The molecular formula is C17H29N5O. The Hall–Kier alpha value is -1.69. The van der Waals surface area contributed by atoms with E-state index in [9.17, 15) is 4.79 Å². The summed E-state index contributed by atoms with van der Waals surface area (Å²) in [6.45, 7) is 12.9. The number of amides is 1. The van der Waals surface area contributed by atoms with Crippen molar-refractivity contribution in [2.75, 3.05) is 50.7 Å². The van der Waals surface area contributed by atoms with Crippen molar-refractivity contribution >= 4 is 11.7 Å². The van der Waals surface area contributed by atoms with E-state index in [0.29, 0.717) is 5.69 Å². The Kier molecular flexibility index (Phi) is 6.77. The van der Waals surface area contributed by atoms with E-state index in [0.717, 1.165) is 64.5 Å². The second-order valence-electron chi connectivity index (χ2n) is 5.97. The average Bonchev–Trinajstić information content (AvgIpc) is 2.61. The zero-order valence-corrected chi connectivity index (χ0v) is 14.7. The Morgan fingerprint density at radius 3 is 2.17 bits per heavy atom. The molecule has 1 aliphatic heterocycles. The fourth-order valence-corrected chi connectivity index (χ4v) is 2.90. The first kappa shape index (κ1) is 17.7. The van der Waals surface area contributed by atoms with Crippen LogP contribution in [0.1, 0.15) is 44.1 Å². The van der Waals surface area contributed by atoms with E-state index >= 15 is 0 Å². The minimum Gasteiger partial charge on any atom is -0.355 e. The lowest BCUT2D eigenvalue weighted by molar-refractivity contribution is 0.0637. The van der Waals surface area contributed by atoms with Crippen molar-refractivity contribution in [3.63, 3.8) is 0 Å². The normalized spacial score (nSPS) is 15.7. The van der Waals surface area contributed by atoms with Gasteiger partial charge in [-0.25, -0.2) is 9.97 Å². The van der Waals surface area contributed by atoms with E-state index in [1.165, 1.54) is 0 Å². The van der Waals surface area contributed by atoms with Gasteiger partial charge in [-0.1, -0.05) is 20.8 Å². The summed E-state index contributed by atoms with van der Waals surface area (Å²) in [5, 5.41) is 0. The first-order valence-corrected chi connectivity index (χ1v) is 8.78. The van der Waals surface area contributed by atoms with Crippen molar-refractivity contribution in [3.8, 4) is 0 Å². The molecule has 0 unspecified atom stereocenters. The van der Waals surface area contributed by atoms with Crippen molar-refractivity contribution in [1.82, 2.24) is 19.8 Å². The highest BCUT2D eigenvalue weighted by Crippen LogP contribution is 2.12. The third-order valence-electron chi connectivity index (χ3n) is 4.28. The van der Waals surface area contributed by atoms with E-state index in [2.05, 4.69) is 40.5 Å². The van der Waals surface area contributed by atoms with Crippen LogP contribution >= 0.6 is 0 Å². The van der Waals surface area contributed by atoms with Crippen LogP contribution in [0.25, 0.3) is 0 Å². The smallest absolute Gasteiger partial charge is 0.274 e. The van der Waals surface area contributed by atoms with Gasteiger partial charge in [0, 0.05) is 39.3 Å². The zero-order chi connectivity index (χ0) is 16.7. The fourth-order valence-electron chi connectivity index (χ4n) is 2.90.